The van der Waals surface area contributed by atoms with Crippen LogP contribution in [0.25, 0.3) is 0 Å². The molecule has 1 heterocycles. The number of amides is 2. The van der Waals surface area contributed by atoms with E-state index in [9.17, 15) is 9.59 Å². The van der Waals surface area contributed by atoms with Crippen molar-refractivity contribution in [3.05, 3.63) is 52.2 Å². The van der Waals surface area contributed by atoms with Crippen LogP contribution in [0, 0.1) is 0 Å². The maximum Gasteiger partial charge on any atom is 0.266 e. The number of benzene rings is 1. The lowest BCUT2D eigenvalue weighted by atomic mass is 10.2. The van der Waals surface area contributed by atoms with Gasteiger partial charge in [-0.3, -0.25) is 9.59 Å². The van der Waals surface area contributed by atoms with Crippen LogP contribution in [0.1, 0.15) is 21.7 Å². The Hall–Kier alpha value is -2.34. The van der Waals surface area contributed by atoms with Crippen LogP contribution < -0.4 is 11.5 Å². The van der Waals surface area contributed by atoms with E-state index >= 15 is 0 Å². The zero-order chi connectivity index (χ0) is 15.2. The molecule has 2 rings (SSSR count). The third-order valence-electron chi connectivity index (χ3n) is 3.02. The summed E-state index contributed by atoms with van der Waals surface area (Å²) in [6, 6.07) is 11.3. The molecule has 0 radical (unpaired) electrons. The third kappa shape index (κ3) is 4.06. The Morgan fingerprint density at radius 3 is 2.43 bits per heavy atom. The van der Waals surface area contributed by atoms with Crippen LogP contribution in [-0.2, 0) is 11.3 Å². The summed E-state index contributed by atoms with van der Waals surface area (Å²) in [5.41, 5.74) is 12.4. The molecule has 0 saturated heterocycles. The molecule has 110 valence electrons. The van der Waals surface area contributed by atoms with Gasteiger partial charge in [0, 0.05) is 19.5 Å². The number of primary amides is 1. The van der Waals surface area contributed by atoms with Crippen LogP contribution in [0.15, 0.2) is 41.8 Å². The van der Waals surface area contributed by atoms with E-state index in [1.807, 2.05) is 30.3 Å². The van der Waals surface area contributed by atoms with Crippen LogP contribution >= 0.6 is 11.3 Å². The monoisotopic (exact) mass is 303 g/mol. The molecule has 0 unspecified atom stereocenters. The number of nitrogens with two attached hydrogens (primary N) is 2. The predicted molar refractivity (Wildman–Crippen MR) is 83.7 cm³/mol. The van der Waals surface area contributed by atoms with Crippen molar-refractivity contribution in [2.24, 2.45) is 5.73 Å². The van der Waals surface area contributed by atoms with Gasteiger partial charge in [-0.15, -0.1) is 11.3 Å². The first kappa shape index (κ1) is 15.1. The van der Waals surface area contributed by atoms with E-state index in [4.69, 9.17) is 11.5 Å². The number of nitrogens with zero attached hydrogens (tertiary/aromatic N) is 1. The Kier molecular flexibility index (Phi) is 4.94. The van der Waals surface area contributed by atoms with Crippen molar-refractivity contribution < 1.29 is 9.59 Å². The van der Waals surface area contributed by atoms with Gasteiger partial charge in [-0.25, -0.2) is 0 Å². The average molecular weight is 303 g/mol. The van der Waals surface area contributed by atoms with Gasteiger partial charge in [0.25, 0.3) is 5.91 Å². The van der Waals surface area contributed by atoms with Gasteiger partial charge in [0.05, 0.1) is 5.69 Å². The van der Waals surface area contributed by atoms with Crippen LogP contribution in [0.5, 0.6) is 0 Å². The van der Waals surface area contributed by atoms with Gasteiger partial charge in [-0.2, -0.15) is 0 Å². The highest BCUT2D eigenvalue weighted by Gasteiger charge is 2.20. The molecule has 0 atom stereocenters. The summed E-state index contributed by atoms with van der Waals surface area (Å²) in [7, 11) is 0. The number of carbonyl (C=O) groups is 2. The topological polar surface area (TPSA) is 89.4 Å². The Labute approximate surface area is 127 Å². The first-order valence-corrected chi connectivity index (χ1v) is 7.40. The molecule has 0 fully saturated rings. The third-order valence-corrected chi connectivity index (χ3v) is 3.94. The Balaban J connectivity index is 2.17. The van der Waals surface area contributed by atoms with Crippen molar-refractivity contribution in [3.63, 3.8) is 0 Å². The lowest BCUT2D eigenvalue weighted by molar-refractivity contribution is -0.118. The van der Waals surface area contributed by atoms with Crippen molar-refractivity contribution in [2.75, 3.05) is 12.3 Å². The minimum absolute atomic E-state index is 0.129. The number of hydrogen-bond donors (Lipinski definition) is 2. The van der Waals surface area contributed by atoms with Gasteiger partial charge < -0.3 is 16.4 Å². The van der Waals surface area contributed by atoms with Crippen LogP contribution in [0.2, 0.25) is 0 Å². The molecule has 0 aliphatic carbocycles. The minimum Gasteiger partial charge on any atom is -0.397 e. The maximum absolute atomic E-state index is 12.5. The molecule has 21 heavy (non-hydrogen) atoms. The highest BCUT2D eigenvalue weighted by atomic mass is 32.1. The molecule has 5 nitrogen and oxygen atoms in total. The van der Waals surface area contributed by atoms with E-state index < -0.39 is 5.91 Å². The van der Waals surface area contributed by atoms with E-state index in [2.05, 4.69) is 0 Å². The molecule has 6 heteroatoms. The highest BCUT2D eigenvalue weighted by molar-refractivity contribution is 7.12. The number of carbonyl (C=O) groups excluding carboxylic acids is 2. The second-order valence-corrected chi connectivity index (χ2v) is 5.55. The van der Waals surface area contributed by atoms with E-state index in [0.717, 1.165) is 5.56 Å². The molecule has 0 bridgehead atoms. The maximum atomic E-state index is 12.5. The summed E-state index contributed by atoms with van der Waals surface area (Å²) < 4.78 is 0. The molecular weight excluding hydrogens is 286 g/mol. The van der Waals surface area contributed by atoms with Crippen molar-refractivity contribution in [1.82, 2.24) is 4.90 Å². The summed E-state index contributed by atoms with van der Waals surface area (Å²) in [4.78, 5) is 25.6. The molecule has 0 aliphatic heterocycles. The smallest absolute Gasteiger partial charge is 0.266 e. The molecular formula is C15H17N3O2S. The second-order valence-electron chi connectivity index (χ2n) is 4.63. The van der Waals surface area contributed by atoms with Crippen molar-refractivity contribution in [1.29, 1.82) is 0 Å². The lowest BCUT2D eigenvalue weighted by Crippen LogP contribution is -2.33. The van der Waals surface area contributed by atoms with Gasteiger partial charge in [-0.1, -0.05) is 30.3 Å². The fraction of sp³-hybridized carbons (Fsp3) is 0.200. The number of nitrogen functional groups attached to an aromatic ring is 1. The van der Waals surface area contributed by atoms with Gasteiger partial charge in [0.1, 0.15) is 4.88 Å². The Morgan fingerprint density at radius 1 is 1.14 bits per heavy atom. The van der Waals surface area contributed by atoms with Crippen molar-refractivity contribution >= 4 is 28.8 Å². The summed E-state index contributed by atoms with van der Waals surface area (Å²) in [6.45, 7) is 0.699. The number of thiophene rings is 1. The molecule has 0 spiro atoms. The number of rotatable bonds is 6. The van der Waals surface area contributed by atoms with Gasteiger partial charge in [-0.05, 0) is 17.0 Å². The molecule has 4 N–H and O–H groups in total. The second kappa shape index (κ2) is 6.90. The van der Waals surface area contributed by atoms with Gasteiger partial charge >= 0.3 is 0 Å². The fourth-order valence-electron chi connectivity index (χ4n) is 1.94. The number of anilines is 1. The Bertz CT molecular complexity index is 625. The highest BCUT2D eigenvalue weighted by Crippen LogP contribution is 2.22. The van der Waals surface area contributed by atoms with Gasteiger partial charge in [0.15, 0.2) is 0 Å². The summed E-state index contributed by atoms with van der Waals surface area (Å²) in [5.74, 6) is -0.604. The van der Waals surface area contributed by atoms with Crippen LogP contribution in [0.3, 0.4) is 0 Å². The fourth-order valence-corrected chi connectivity index (χ4v) is 2.72. The van der Waals surface area contributed by atoms with Crippen molar-refractivity contribution in [3.8, 4) is 0 Å². The average Bonchev–Trinajstić information content (AvgIpc) is 2.90. The molecule has 0 saturated carbocycles. The van der Waals surface area contributed by atoms with Crippen molar-refractivity contribution in [2.45, 2.75) is 13.0 Å². The Morgan fingerprint density at radius 2 is 1.86 bits per heavy atom. The first-order valence-electron chi connectivity index (χ1n) is 6.52. The summed E-state index contributed by atoms with van der Waals surface area (Å²) >= 11 is 1.30. The minimum atomic E-state index is -0.431. The molecule has 1 aromatic carbocycles. The molecule has 0 aliphatic rings. The standard InChI is InChI=1S/C15H17N3O2S/c16-12-7-9-21-14(12)15(20)18(8-6-13(17)19)10-11-4-2-1-3-5-11/h1-5,7,9H,6,8,10,16H2,(H2,17,19). The van der Waals surface area contributed by atoms with E-state index in [1.165, 1.54) is 11.3 Å². The SMILES string of the molecule is NC(=O)CCN(Cc1ccccc1)C(=O)c1sccc1N. The van der Waals surface area contributed by atoms with Crippen LogP contribution in [0.4, 0.5) is 5.69 Å². The quantitative estimate of drug-likeness (QED) is 0.853. The summed E-state index contributed by atoms with van der Waals surface area (Å²) in [5, 5.41) is 1.78. The van der Waals surface area contributed by atoms with Crippen LogP contribution in [-0.4, -0.2) is 23.3 Å². The normalized spacial score (nSPS) is 10.3. The van der Waals surface area contributed by atoms with Gasteiger partial charge in [0.2, 0.25) is 5.91 Å². The zero-order valence-corrected chi connectivity index (χ0v) is 12.3. The largest absolute Gasteiger partial charge is 0.397 e. The first-order chi connectivity index (χ1) is 10.1. The molecule has 2 amide bonds. The molecule has 1 aromatic heterocycles. The van der Waals surface area contributed by atoms with E-state index in [0.29, 0.717) is 17.1 Å². The lowest BCUT2D eigenvalue weighted by Gasteiger charge is -2.22. The van der Waals surface area contributed by atoms with E-state index in [-0.39, 0.29) is 18.9 Å². The number of hydrogen-bond acceptors (Lipinski definition) is 4. The summed E-state index contributed by atoms with van der Waals surface area (Å²) in [6.07, 6.45) is 0.129. The molecule has 2 aromatic rings. The zero-order valence-electron chi connectivity index (χ0n) is 11.5. The predicted octanol–water partition coefficient (Wildman–Crippen LogP) is 1.85. The van der Waals surface area contributed by atoms with E-state index in [1.54, 1.807) is 16.3 Å².